The van der Waals surface area contributed by atoms with Crippen LogP contribution < -0.4 is 4.74 Å². The first-order valence-corrected chi connectivity index (χ1v) is 11.2. The van der Waals surface area contributed by atoms with Crippen molar-refractivity contribution in [3.63, 3.8) is 0 Å². The number of hydrogen-bond acceptors (Lipinski definition) is 4. The first-order chi connectivity index (χ1) is 14.1. The normalized spacial score (nSPS) is 33.3. The highest BCUT2D eigenvalue weighted by Crippen LogP contribution is 2.57. The number of benzene rings is 1. The largest absolute Gasteiger partial charge is 0.495 e. The van der Waals surface area contributed by atoms with Crippen molar-refractivity contribution in [3.05, 3.63) is 22.8 Å². The topological polar surface area (TPSA) is 67.6 Å². The highest BCUT2D eigenvalue weighted by atomic mass is 35.5. The molecule has 2 aliphatic carbocycles. The number of piperidine rings is 2. The Kier molecular flexibility index (Phi) is 4.43. The van der Waals surface area contributed by atoms with Gasteiger partial charge in [-0.15, -0.1) is 0 Å². The van der Waals surface area contributed by atoms with Crippen LogP contribution in [-0.2, 0) is 11.8 Å². The first-order valence-electron chi connectivity index (χ1n) is 10.9. The second kappa shape index (κ2) is 6.60. The molecule has 2 saturated carbocycles. The van der Waals surface area contributed by atoms with Crippen LogP contribution >= 0.6 is 11.6 Å². The number of carbonyl (C=O) groups is 1. The summed E-state index contributed by atoms with van der Waals surface area (Å²) in [5.74, 6) is 0.714. The molecule has 3 heterocycles. The van der Waals surface area contributed by atoms with E-state index < -0.39 is 5.60 Å². The molecule has 6 rings (SSSR count). The molecular weight excluding hydrogens is 402 g/mol. The second-order valence-electron chi connectivity index (χ2n) is 10.2. The van der Waals surface area contributed by atoms with E-state index in [1.54, 1.807) is 7.11 Å². The highest BCUT2D eigenvalue weighted by molar-refractivity contribution is 6.37. The Labute approximate surface area is 182 Å². The van der Waals surface area contributed by atoms with Crippen molar-refractivity contribution in [2.24, 2.45) is 12.5 Å². The minimum Gasteiger partial charge on any atom is -0.495 e. The number of aromatic nitrogens is 2. The van der Waals surface area contributed by atoms with Crippen molar-refractivity contribution in [1.82, 2.24) is 14.7 Å². The molecule has 2 aliphatic heterocycles. The van der Waals surface area contributed by atoms with Gasteiger partial charge in [0.25, 0.3) is 0 Å². The summed E-state index contributed by atoms with van der Waals surface area (Å²) in [5, 5.41) is 17.1. The fraction of sp³-hybridized carbons (Fsp3) is 0.652. The third kappa shape index (κ3) is 2.94. The van der Waals surface area contributed by atoms with Gasteiger partial charge in [0.05, 0.1) is 28.9 Å². The third-order valence-corrected chi connectivity index (χ3v) is 8.01. The van der Waals surface area contributed by atoms with E-state index in [4.69, 9.17) is 21.4 Å². The smallest absolute Gasteiger partial charge is 0.223 e. The molecule has 4 bridgehead atoms. The number of hydrogen-bond donors (Lipinski definition) is 1. The number of carbonyl (C=O) groups excluding carboxylic acids is 1. The van der Waals surface area contributed by atoms with E-state index >= 15 is 0 Å². The maximum absolute atomic E-state index is 13.4. The van der Waals surface area contributed by atoms with E-state index in [1.165, 1.54) is 0 Å². The molecule has 2 aromatic rings. The fourth-order valence-corrected chi connectivity index (χ4v) is 7.13. The van der Waals surface area contributed by atoms with E-state index in [-0.39, 0.29) is 29.3 Å². The second-order valence-corrected chi connectivity index (χ2v) is 10.6. The molecule has 162 valence electrons. The minimum absolute atomic E-state index is 0.0679. The van der Waals surface area contributed by atoms with Crippen molar-refractivity contribution in [1.29, 1.82) is 0 Å². The number of fused-ring (bicyclic) bond motifs is 1. The maximum Gasteiger partial charge on any atom is 0.223 e. The lowest BCUT2D eigenvalue weighted by molar-refractivity contribution is -0.193. The molecule has 3 atom stereocenters. The number of ether oxygens (including phenoxy) is 1. The van der Waals surface area contributed by atoms with Gasteiger partial charge in [0.15, 0.2) is 0 Å². The maximum atomic E-state index is 13.4. The SMILES string of the molecule is COc1ccc2c(c(C(C)CC(=O)N3C4CC5(C)CC3CC(O)(C4)C5)nn2C)c1Cl. The molecule has 1 amide bonds. The highest BCUT2D eigenvalue weighted by Gasteiger charge is 2.59. The summed E-state index contributed by atoms with van der Waals surface area (Å²) in [6.45, 7) is 4.32. The van der Waals surface area contributed by atoms with E-state index in [2.05, 4.69) is 11.8 Å². The van der Waals surface area contributed by atoms with Crippen LogP contribution in [0.2, 0.25) is 5.02 Å². The number of aryl methyl sites for hydroxylation is 1. The van der Waals surface area contributed by atoms with Crippen LogP contribution in [0.4, 0.5) is 0 Å². The summed E-state index contributed by atoms with van der Waals surface area (Å²) in [6, 6.07) is 4.11. The fourth-order valence-electron chi connectivity index (χ4n) is 6.80. The average Bonchev–Trinajstić information content (AvgIpc) is 2.97. The van der Waals surface area contributed by atoms with E-state index in [0.29, 0.717) is 17.2 Å². The molecular formula is C23H30ClN3O3. The molecule has 1 aromatic heterocycles. The van der Waals surface area contributed by atoms with E-state index in [0.717, 1.165) is 48.7 Å². The molecule has 0 spiro atoms. The zero-order chi connectivity index (χ0) is 21.4. The quantitative estimate of drug-likeness (QED) is 0.793. The van der Waals surface area contributed by atoms with Crippen molar-refractivity contribution < 1.29 is 14.6 Å². The molecule has 2 saturated heterocycles. The third-order valence-electron chi connectivity index (χ3n) is 7.63. The summed E-state index contributed by atoms with van der Waals surface area (Å²) >= 11 is 6.62. The van der Waals surface area contributed by atoms with E-state index in [9.17, 15) is 9.90 Å². The summed E-state index contributed by atoms with van der Waals surface area (Å²) in [5.41, 5.74) is 1.36. The van der Waals surface area contributed by atoms with Crippen molar-refractivity contribution >= 4 is 28.4 Å². The van der Waals surface area contributed by atoms with Crippen molar-refractivity contribution in [2.45, 2.75) is 76.0 Å². The number of rotatable bonds is 4. The minimum atomic E-state index is -0.579. The summed E-state index contributed by atoms with van der Waals surface area (Å²) in [7, 11) is 3.50. The lowest BCUT2D eigenvalue weighted by atomic mass is 9.54. The molecule has 7 heteroatoms. The predicted octanol–water partition coefficient (Wildman–Crippen LogP) is 4.02. The number of nitrogens with zero attached hydrogens (tertiary/aromatic N) is 3. The van der Waals surface area contributed by atoms with Gasteiger partial charge in [-0.2, -0.15) is 5.10 Å². The van der Waals surface area contributed by atoms with Gasteiger partial charge in [-0.05, 0) is 49.7 Å². The van der Waals surface area contributed by atoms with Gasteiger partial charge in [-0.1, -0.05) is 25.4 Å². The molecule has 1 aromatic carbocycles. The molecule has 4 aliphatic rings. The standard InChI is InChI=1S/C23H30ClN3O3/c1-13(21-19-16(26(3)25-21)5-6-17(30-4)20(19)24)7-18(28)27-14-8-22(2)9-15(27)11-23(29,10-14)12-22/h5-6,13-15,29H,7-12H2,1-4H3. The van der Waals surface area contributed by atoms with Crippen molar-refractivity contribution in [2.75, 3.05) is 7.11 Å². The van der Waals surface area contributed by atoms with Gasteiger partial charge in [-0.3, -0.25) is 9.48 Å². The summed E-state index contributed by atoms with van der Waals surface area (Å²) in [4.78, 5) is 15.5. The molecule has 30 heavy (non-hydrogen) atoms. The van der Waals surface area contributed by atoms with Gasteiger partial charge in [0, 0.05) is 36.9 Å². The van der Waals surface area contributed by atoms with E-state index in [1.807, 2.05) is 30.8 Å². The Morgan fingerprint density at radius 3 is 2.60 bits per heavy atom. The Morgan fingerprint density at radius 2 is 2.00 bits per heavy atom. The molecule has 4 fully saturated rings. The van der Waals surface area contributed by atoms with Gasteiger partial charge in [0.2, 0.25) is 5.91 Å². The van der Waals surface area contributed by atoms with Gasteiger partial charge in [-0.25, -0.2) is 0 Å². The van der Waals surface area contributed by atoms with Crippen LogP contribution in [0.25, 0.3) is 10.9 Å². The van der Waals surface area contributed by atoms with Crippen molar-refractivity contribution in [3.8, 4) is 5.75 Å². The van der Waals surface area contributed by atoms with Gasteiger partial charge in [0.1, 0.15) is 5.75 Å². The number of halogens is 1. The van der Waals surface area contributed by atoms with Crippen LogP contribution in [0.15, 0.2) is 12.1 Å². The van der Waals surface area contributed by atoms with Crippen LogP contribution in [0, 0.1) is 5.41 Å². The first kappa shape index (κ1) is 20.1. The van der Waals surface area contributed by atoms with Crippen LogP contribution in [0.3, 0.4) is 0 Å². The molecule has 6 nitrogen and oxygen atoms in total. The van der Waals surface area contributed by atoms with Crippen LogP contribution in [0.5, 0.6) is 5.75 Å². The molecule has 0 radical (unpaired) electrons. The zero-order valence-electron chi connectivity index (χ0n) is 18.1. The Bertz CT molecular complexity index is 996. The Balaban J connectivity index is 1.41. The van der Waals surface area contributed by atoms with Gasteiger partial charge < -0.3 is 14.7 Å². The lowest BCUT2D eigenvalue weighted by Crippen LogP contribution is -2.68. The summed E-state index contributed by atoms with van der Waals surface area (Å²) in [6.07, 6.45) is 4.71. The Morgan fingerprint density at radius 1 is 1.33 bits per heavy atom. The monoisotopic (exact) mass is 431 g/mol. The van der Waals surface area contributed by atoms with Gasteiger partial charge >= 0.3 is 0 Å². The summed E-state index contributed by atoms with van der Waals surface area (Å²) < 4.78 is 7.20. The predicted molar refractivity (Wildman–Crippen MR) is 116 cm³/mol. The average molecular weight is 432 g/mol. The molecule has 3 unspecified atom stereocenters. The zero-order valence-corrected chi connectivity index (χ0v) is 18.9. The van der Waals surface area contributed by atoms with Crippen LogP contribution in [0.1, 0.15) is 64.0 Å². The number of aliphatic hydroxyl groups is 1. The molecule has 1 N–H and O–H groups in total. The number of amides is 1. The number of methoxy groups -OCH3 is 1. The Hall–Kier alpha value is -1.79. The van der Waals surface area contributed by atoms with Crippen LogP contribution in [-0.4, -0.2) is 50.5 Å². The lowest BCUT2D eigenvalue weighted by Gasteiger charge is -2.63.